The van der Waals surface area contributed by atoms with Crippen molar-refractivity contribution >= 4 is 11.3 Å². The van der Waals surface area contributed by atoms with Crippen LogP contribution in [0.3, 0.4) is 0 Å². The molecule has 3 heteroatoms. The SMILES string of the molecule is CNC1CCCc2nc(C)sc21. The van der Waals surface area contributed by atoms with Crippen molar-refractivity contribution in [1.82, 2.24) is 10.3 Å². The van der Waals surface area contributed by atoms with E-state index in [1.165, 1.54) is 34.8 Å². The maximum atomic E-state index is 4.53. The number of aryl methyl sites for hydroxylation is 2. The van der Waals surface area contributed by atoms with E-state index in [0.717, 1.165) is 0 Å². The van der Waals surface area contributed by atoms with Gasteiger partial charge < -0.3 is 5.32 Å². The molecule has 12 heavy (non-hydrogen) atoms. The Morgan fingerprint density at radius 2 is 2.42 bits per heavy atom. The summed E-state index contributed by atoms with van der Waals surface area (Å²) >= 11 is 1.85. The molecule has 1 aliphatic rings. The van der Waals surface area contributed by atoms with Crippen molar-refractivity contribution in [1.29, 1.82) is 0 Å². The average molecular weight is 182 g/mol. The molecule has 1 aromatic heterocycles. The number of rotatable bonds is 1. The second-order valence-corrected chi connectivity index (χ2v) is 4.51. The fraction of sp³-hybridized carbons (Fsp3) is 0.667. The summed E-state index contributed by atoms with van der Waals surface area (Å²) in [6.45, 7) is 2.09. The number of nitrogens with zero attached hydrogens (tertiary/aromatic N) is 1. The molecular formula is C9H14N2S. The van der Waals surface area contributed by atoms with Crippen molar-refractivity contribution in [3.8, 4) is 0 Å². The Bertz CT molecular complexity index is 280. The zero-order valence-electron chi connectivity index (χ0n) is 7.55. The van der Waals surface area contributed by atoms with Crippen LogP contribution >= 0.6 is 11.3 Å². The molecule has 2 nitrogen and oxygen atoms in total. The maximum absolute atomic E-state index is 4.53. The van der Waals surface area contributed by atoms with E-state index in [1.54, 1.807) is 0 Å². The minimum atomic E-state index is 0.569. The molecule has 1 aromatic rings. The summed E-state index contributed by atoms with van der Waals surface area (Å²) < 4.78 is 0. The van der Waals surface area contributed by atoms with Gasteiger partial charge in [0.15, 0.2) is 0 Å². The molecule has 1 N–H and O–H groups in total. The third-order valence-electron chi connectivity index (χ3n) is 2.41. The largest absolute Gasteiger partial charge is 0.312 e. The lowest BCUT2D eigenvalue weighted by molar-refractivity contribution is 0.501. The summed E-state index contributed by atoms with van der Waals surface area (Å²) in [4.78, 5) is 6.00. The standard InChI is InChI=1S/C9H14N2S/c1-6-11-8-5-3-4-7(10-2)9(8)12-6/h7,10H,3-5H2,1-2H3. The van der Waals surface area contributed by atoms with Crippen LogP contribution in [0.15, 0.2) is 0 Å². The van der Waals surface area contributed by atoms with E-state index >= 15 is 0 Å². The normalized spacial score (nSPS) is 22.3. The summed E-state index contributed by atoms with van der Waals surface area (Å²) in [5.41, 5.74) is 1.34. The van der Waals surface area contributed by atoms with E-state index in [9.17, 15) is 0 Å². The Kier molecular flexibility index (Phi) is 2.15. The van der Waals surface area contributed by atoms with Gasteiger partial charge in [0.25, 0.3) is 0 Å². The van der Waals surface area contributed by atoms with Crippen LogP contribution in [0.1, 0.15) is 34.5 Å². The predicted molar refractivity (Wildman–Crippen MR) is 51.6 cm³/mol. The number of nitrogens with one attached hydrogen (secondary N) is 1. The van der Waals surface area contributed by atoms with E-state index in [1.807, 2.05) is 18.4 Å². The molecule has 1 heterocycles. The molecule has 1 atom stereocenters. The molecule has 0 saturated carbocycles. The van der Waals surface area contributed by atoms with Gasteiger partial charge in [0.05, 0.1) is 10.7 Å². The topological polar surface area (TPSA) is 24.9 Å². The zero-order chi connectivity index (χ0) is 8.55. The van der Waals surface area contributed by atoms with Crippen LogP contribution in [0.2, 0.25) is 0 Å². The molecule has 0 bridgehead atoms. The summed E-state index contributed by atoms with van der Waals surface area (Å²) in [6.07, 6.45) is 3.73. The second-order valence-electron chi connectivity index (χ2n) is 3.28. The van der Waals surface area contributed by atoms with Crippen molar-refractivity contribution < 1.29 is 0 Å². The molecule has 0 fully saturated rings. The molecule has 66 valence electrons. The van der Waals surface area contributed by atoms with Crippen molar-refractivity contribution in [2.45, 2.75) is 32.2 Å². The average Bonchev–Trinajstić information content (AvgIpc) is 2.44. The van der Waals surface area contributed by atoms with Gasteiger partial charge in [0.2, 0.25) is 0 Å². The third-order valence-corrected chi connectivity index (χ3v) is 3.53. The molecule has 2 rings (SSSR count). The lowest BCUT2D eigenvalue weighted by atomic mass is 9.98. The molecule has 0 aromatic carbocycles. The van der Waals surface area contributed by atoms with Gasteiger partial charge in [-0.15, -0.1) is 11.3 Å². The Labute approximate surface area is 77.0 Å². The first-order valence-electron chi connectivity index (χ1n) is 4.44. The smallest absolute Gasteiger partial charge is 0.0900 e. The molecule has 0 amide bonds. The first-order valence-corrected chi connectivity index (χ1v) is 5.26. The first-order chi connectivity index (χ1) is 5.81. The number of hydrogen-bond acceptors (Lipinski definition) is 3. The van der Waals surface area contributed by atoms with Gasteiger partial charge in [-0.25, -0.2) is 4.98 Å². The van der Waals surface area contributed by atoms with Crippen LogP contribution in [0.5, 0.6) is 0 Å². The zero-order valence-corrected chi connectivity index (χ0v) is 8.37. The van der Waals surface area contributed by atoms with Crippen LogP contribution < -0.4 is 5.32 Å². The third kappa shape index (κ3) is 1.27. The van der Waals surface area contributed by atoms with E-state index < -0.39 is 0 Å². The Morgan fingerprint density at radius 3 is 3.17 bits per heavy atom. The Balaban J connectivity index is 2.36. The minimum absolute atomic E-state index is 0.569. The summed E-state index contributed by atoms with van der Waals surface area (Å²) in [5.74, 6) is 0. The van der Waals surface area contributed by atoms with Gasteiger partial charge in [-0.1, -0.05) is 0 Å². The maximum Gasteiger partial charge on any atom is 0.0900 e. The van der Waals surface area contributed by atoms with Gasteiger partial charge in [-0.05, 0) is 33.2 Å². The van der Waals surface area contributed by atoms with Gasteiger partial charge in [-0.2, -0.15) is 0 Å². The molecule has 1 unspecified atom stereocenters. The van der Waals surface area contributed by atoms with E-state index in [-0.39, 0.29) is 0 Å². The summed E-state index contributed by atoms with van der Waals surface area (Å²) in [6, 6.07) is 0.569. The Hall–Kier alpha value is -0.410. The van der Waals surface area contributed by atoms with Crippen LogP contribution in [-0.4, -0.2) is 12.0 Å². The van der Waals surface area contributed by atoms with Crippen molar-refractivity contribution in [2.24, 2.45) is 0 Å². The monoisotopic (exact) mass is 182 g/mol. The molecule has 0 aliphatic heterocycles. The minimum Gasteiger partial charge on any atom is -0.312 e. The highest BCUT2D eigenvalue weighted by Gasteiger charge is 2.21. The van der Waals surface area contributed by atoms with E-state index in [0.29, 0.717) is 6.04 Å². The van der Waals surface area contributed by atoms with E-state index in [4.69, 9.17) is 0 Å². The highest BCUT2D eigenvalue weighted by Crippen LogP contribution is 2.33. The van der Waals surface area contributed by atoms with Gasteiger partial charge in [0, 0.05) is 10.9 Å². The lowest BCUT2D eigenvalue weighted by Gasteiger charge is -2.20. The number of thiazole rings is 1. The van der Waals surface area contributed by atoms with Crippen molar-refractivity contribution in [3.63, 3.8) is 0 Å². The quantitative estimate of drug-likeness (QED) is 0.719. The van der Waals surface area contributed by atoms with Crippen LogP contribution in [0, 0.1) is 6.92 Å². The highest BCUT2D eigenvalue weighted by molar-refractivity contribution is 7.11. The second kappa shape index (κ2) is 3.15. The first kappa shape index (κ1) is 8.20. The molecule has 0 spiro atoms. The van der Waals surface area contributed by atoms with Gasteiger partial charge >= 0.3 is 0 Å². The van der Waals surface area contributed by atoms with E-state index in [2.05, 4.69) is 17.2 Å². The van der Waals surface area contributed by atoms with Crippen molar-refractivity contribution in [2.75, 3.05) is 7.05 Å². The number of aromatic nitrogens is 1. The number of hydrogen-bond donors (Lipinski definition) is 1. The lowest BCUT2D eigenvalue weighted by Crippen LogP contribution is -2.19. The summed E-state index contributed by atoms with van der Waals surface area (Å²) in [7, 11) is 2.04. The fourth-order valence-electron chi connectivity index (χ4n) is 1.82. The van der Waals surface area contributed by atoms with Gasteiger partial charge in [-0.3, -0.25) is 0 Å². The molecule has 1 aliphatic carbocycles. The fourth-order valence-corrected chi connectivity index (χ4v) is 2.94. The van der Waals surface area contributed by atoms with Crippen LogP contribution in [-0.2, 0) is 6.42 Å². The summed E-state index contributed by atoms with van der Waals surface area (Å²) in [5, 5.41) is 4.55. The van der Waals surface area contributed by atoms with Crippen LogP contribution in [0.25, 0.3) is 0 Å². The predicted octanol–water partition coefficient (Wildman–Crippen LogP) is 2.05. The molecule has 0 saturated heterocycles. The van der Waals surface area contributed by atoms with Crippen molar-refractivity contribution in [3.05, 3.63) is 15.6 Å². The molecular weight excluding hydrogens is 168 g/mol. The van der Waals surface area contributed by atoms with Gasteiger partial charge in [0.1, 0.15) is 0 Å². The number of fused-ring (bicyclic) bond motifs is 1. The van der Waals surface area contributed by atoms with Crippen LogP contribution in [0.4, 0.5) is 0 Å². The highest BCUT2D eigenvalue weighted by atomic mass is 32.1. The Morgan fingerprint density at radius 1 is 1.58 bits per heavy atom. The molecule has 0 radical (unpaired) electrons.